The van der Waals surface area contributed by atoms with Crippen LogP contribution in [0, 0.1) is 0 Å². The molecule has 6 nitrogen and oxygen atoms in total. The minimum absolute atomic E-state index is 0.117. The Morgan fingerprint density at radius 1 is 1.35 bits per heavy atom. The quantitative estimate of drug-likeness (QED) is 0.647. The fraction of sp³-hybridized carbons (Fsp3) is 0.429. The Balaban J connectivity index is 2.56. The van der Waals surface area contributed by atoms with E-state index >= 15 is 0 Å². The molecule has 0 unspecified atom stereocenters. The topological polar surface area (TPSA) is 93.4 Å². The van der Waals surface area contributed by atoms with Gasteiger partial charge in [0.2, 0.25) is 5.91 Å². The molecule has 0 radical (unpaired) electrons. The minimum atomic E-state index is -0.261. The summed E-state index contributed by atoms with van der Waals surface area (Å²) in [4.78, 5) is 22.9. The molecule has 0 aromatic heterocycles. The zero-order valence-corrected chi connectivity index (χ0v) is 11.9. The normalized spacial score (nSPS) is 9.90. The third-order valence-corrected chi connectivity index (χ3v) is 2.65. The number of carbonyl (C=O) groups excluding carboxylic acids is 2. The second-order valence-electron chi connectivity index (χ2n) is 4.28. The first kappa shape index (κ1) is 15.8. The molecule has 1 aromatic carbocycles. The van der Waals surface area contributed by atoms with Crippen LogP contribution in [0.15, 0.2) is 18.2 Å². The zero-order valence-electron chi connectivity index (χ0n) is 11.9. The van der Waals surface area contributed by atoms with E-state index in [4.69, 9.17) is 10.5 Å². The molecule has 0 heterocycles. The Morgan fingerprint density at radius 3 is 2.70 bits per heavy atom. The van der Waals surface area contributed by atoms with Crippen LogP contribution in [0.1, 0.15) is 30.1 Å². The van der Waals surface area contributed by atoms with Gasteiger partial charge in [-0.1, -0.05) is 6.92 Å². The maximum atomic E-state index is 11.9. The molecular weight excluding hydrogens is 258 g/mol. The van der Waals surface area contributed by atoms with Crippen molar-refractivity contribution in [1.29, 1.82) is 0 Å². The molecular formula is C14H21N3O3. The van der Waals surface area contributed by atoms with E-state index in [0.29, 0.717) is 23.6 Å². The summed E-state index contributed by atoms with van der Waals surface area (Å²) in [5, 5.41) is 5.15. The van der Waals surface area contributed by atoms with Crippen LogP contribution in [0.3, 0.4) is 0 Å². The average Bonchev–Trinajstić information content (AvgIpc) is 2.45. The number of benzene rings is 1. The summed E-state index contributed by atoms with van der Waals surface area (Å²) in [7, 11) is 1.56. The number of nitrogens with two attached hydrogens (primary N) is 1. The van der Waals surface area contributed by atoms with Crippen LogP contribution in [-0.2, 0) is 4.79 Å². The van der Waals surface area contributed by atoms with Gasteiger partial charge in [0.1, 0.15) is 5.75 Å². The highest BCUT2D eigenvalue weighted by molar-refractivity contribution is 5.95. The summed E-state index contributed by atoms with van der Waals surface area (Å²) in [6, 6.07) is 4.90. The molecule has 2 amide bonds. The number of anilines is 1. The van der Waals surface area contributed by atoms with Crippen molar-refractivity contribution in [2.75, 3.05) is 25.9 Å². The highest BCUT2D eigenvalue weighted by Gasteiger charge is 2.09. The average molecular weight is 279 g/mol. The highest BCUT2D eigenvalue weighted by atomic mass is 16.5. The van der Waals surface area contributed by atoms with E-state index < -0.39 is 0 Å². The van der Waals surface area contributed by atoms with E-state index in [1.807, 2.05) is 6.92 Å². The molecule has 0 aliphatic carbocycles. The highest BCUT2D eigenvalue weighted by Crippen LogP contribution is 2.22. The number of carbonyl (C=O) groups is 2. The fourth-order valence-electron chi connectivity index (χ4n) is 1.55. The number of nitrogens with one attached hydrogen (secondary N) is 2. The first-order valence-corrected chi connectivity index (χ1v) is 6.59. The monoisotopic (exact) mass is 279 g/mol. The lowest BCUT2D eigenvalue weighted by Gasteiger charge is -2.10. The fourth-order valence-corrected chi connectivity index (χ4v) is 1.55. The Hall–Kier alpha value is -2.24. The Bertz CT molecular complexity index is 475. The van der Waals surface area contributed by atoms with Gasteiger partial charge in [-0.25, -0.2) is 0 Å². The Labute approximate surface area is 118 Å². The maximum absolute atomic E-state index is 11.9. The molecule has 20 heavy (non-hydrogen) atoms. The van der Waals surface area contributed by atoms with Gasteiger partial charge in [-0.3, -0.25) is 9.59 Å². The lowest BCUT2D eigenvalue weighted by atomic mass is 10.1. The third-order valence-electron chi connectivity index (χ3n) is 2.65. The first-order valence-electron chi connectivity index (χ1n) is 6.59. The van der Waals surface area contributed by atoms with Crippen LogP contribution in [-0.4, -0.2) is 32.0 Å². The Kier molecular flexibility index (Phi) is 6.36. The van der Waals surface area contributed by atoms with Crippen molar-refractivity contribution in [2.24, 2.45) is 0 Å². The number of nitrogen functional groups attached to an aromatic ring is 1. The lowest BCUT2D eigenvalue weighted by molar-refractivity contribution is -0.120. The molecule has 0 aliphatic heterocycles. The van der Waals surface area contributed by atoms with Crippen LogP contribution in [0.25, 0.3) is 0 Å². The molecule has 1 aromatic rings. The van der Waals surface area contributed by atoms with Gasteiger partial charge in [0.25, 0.3) is 5.91 Å². The summed E-state index contributed by atoms with van der Waals surface area (Å²) < 4.78 is 5.44. The molecule has 0 bridgehead atoms. The predicted octanol–water partition coefficient (Wildman–Crippen LogP) is 0.923. The van der Waals surface area contributed by atoms with Crippen molar-refractivity contribution >= 4 is 17.5 Å². The minimum Gasteiger partial charge on any atom is -0.491 e. The van der Waals surface area contributed by atoms with E-state index in [0.717, 1.165) is 6.42 Å². The van der Waals surface area contributed by atoms with Gasteiger partial charge >= 0.3 is 0 Å². The van der Waals surface area contributed by atoms with Gasteiger partial charge < -0.3 is 21.1 Å². The van der Waals surface area contributed by atoms with Gasteiger partial charge in [0, 0.05) is 25.6 Å². The standard InChI is InChI=1S/C14H21N3O3/c1-3-8-20-12-5-4-10(9-11(12)15)14(19)17-7-6-13(18)16-2/h4-5,9H,3,6-8,15H2,1-2H3,(H,16,18)(H,17,19). The van der Waals surface area contributed by atoms with Gasteiger partial charge in [0.15, 0.2) is 0 Å². The van der Waals surface area contributed by atoms with E-state index in [1.54, 1.807) is 25.2 Å². The maximum Gasteiger partial charge on any atom is 0.251 e. The number of hydrogen-bond donors (Lipinski definition) is 3. The van der Waals surface area contributed by atoms with Crippen LogP contribution < -0.4 is 21.1 Å². The van der Waals surface area contributed by atoms with Crippen molar-refractivity contribution in [1.82, 2.24) is 10.6 Å². The largest absolute Gasteiger partial charge is 0.491 e. The zero-order chi connectivity index (χ0) is 15.0. The molecule has 0 saturated heterocycles. The summed E-state index contributed by atoms with van der Waals surface area (Å²) in [6.07, 6.45) is 1.14. The van der Waals surface area contributed by atoms with Crippen LogP contribution in [0.4, 0.5) is 5.69 Å². The molecule has 4 N–H and O–H groups in total. The molecule has 0 atom stereocenters. The van der Waals surface area contributed by atoms with Crippen molar-refractivity contribution in [2.45, 2.75) is 19.8 Å². The predicted molar refractivity (Wildman–Crippen MR) is 77.7 cm³/mol. The molecule has 0 spiro atoms. The summed E-state index contributed by atoms with van der Waals surface area (Å²) in [5.41, 5.74) is 6.70. The van der Waals surface area contributed by atoms with E-state index in [-0.39, 0.29) is 24.8 Å². The summed E-state index contributed by atoms with van der Waals surface area (Å²) >= 11 is 0. The molecule has 0 saturated carbocycles. The Morgan fingerprint density at radius 2 is 2.10 bits per heavy atom. The van der Waals surface area contributed by atoms with Gasteiger partial charge in [-0.05, 0) is 24.6 Å². The molecule has 1 rings (SSSR count). The second kappa shape index (κ2) is 8.04. The molecule has 110 valence electrons. The molecule has 0 aliphatic rings. The number of rotatable bonds is 7. The van der Waals surface area contributed by atoms with E-state index in [9.17, 15) is 9.59 Å². The molecule has 6 heteroatoms. The molecule has 0 fully saturated rings. The van der Waals surface area contributed by atoms with Crippen LogP contribution in [0.2, 0.25) is 0 Å². The van der Waals surface area contributed by atoms with Gasteiger partial charge in [0.05, 0.1) is 12.3 Å². The van der Waals surface area contributed by atoms with Crippen LogP contribution in [0.5, 0.6) is 5.75 Å². The van der Waals surface area contributed by atoms with Crippen LogP contribution >= 0.6 is 0 Å². The van der Waals surface area contributed by atoms with E-state index in [2.05, 4.69) is 10.6 Å². The second-order valence-corrected chi connectivity index (χ2v) is 4.28. The van der Waals surface area contributed by atoms with E-state index in [1.165, 1.54) is 0 Å². The van der Waals surface area contributed by atoms with Gasteiger partial charge in [-0.2, -0.15) is 0 Å². The SMILES string of the molecule is CCCOc1ccc(C(=O)NCCC(=O)NC)cc1N. The number of amides is 2. The van der Waals surface area contributed by atoms with Crippen molar-refractivity contribution in [3.63, 3.8) is 0 Å². The van der Waals surface area contributed by atoms with Crippen molar-refractivity contribution < 1.29 is 14.3 Å². The summed E-state index contributed by atoms with van der Waals surface area (Å²) in [6.45, 7) is 2.87. The van der Waals surface area contributed by atoms with Crippen molar-refractivity contribution in [3.05, 3.63) is 23.8 Å². The smallest absolute Gasteiger partial charge is 0.251 e. The third kappa shape index (κ3) is 4.79. The number of ether oxygens (including phenoxy) is 1. The summed E-state index contributed by atoms with van der Waals surface area (Å²) in [5.74, 6) is 0.199. The number of hydrogen-bond acceptors (Lipinski definition) is 4. The van der Waals surface area contributed by atoms with Gasteiger partial charge in [-0.15, -0.1) is 0 Å². The first-order chi connectivity index (χ1) is 9.58. The lowest BCUT2D eigenvalue weighted by Crippen LogP contribution is -2.29. The van der Waals surface area contributed by atoms with Crippen molar-refractivity contribution in [3.8, 4) is 5.75 Å².